The average Bonchev–Trinajstić information content (AvgIpc) is 3.24. The molecule has 0 bridgehead atoms. The molecule has 0 aliphatic heterocycles. The van der Waals surface area contributed by atoms with Crippen molar-refractivity contribution >= 4 is 40.4 Å². The molecule has 0 amide bonds. The highest BCUT2D eigenvalue weighted by molar-refractivity contribution is 7.80. The van der Waals surface area contributed by atoms with Crippen LogP contribution in [0, 0.1) is 11.8 Å². The van der Waals surface area contributed by atoms with Crippen LogP contribution < -0.4 is 5.32 Å². The number of halogens is 2. The highest BCUT2D eigenvalue weighted by Crippen LogP contribution is 2.49. The zero-order valence-corrected chi connectivity index (χ0v) is 15.2. The summed E-state index contributed by atoms with van der Waals surface area (Å²) in [6.45, 7) is 5.24. The number of rotatable bonds is 6. The van der Waals surface area contributed by atoms with Gasteiger partial charge in [-0.3, -0.25) is 0 Å². The van der Waals surface area contributed by atoms with Gasteiger partial charge in [0.1, 0.15) is 0 Å². The Kier molecular flexibility index (Phi) is 6.49. The van der Waals surface area contributed by atoms with Crippen molar-refractivity contribution in [1.29, 1.82) is 0 Å². The van der Waals surface area contributed by atoms with Crippen LogP contribution in [0.25, 0.3) is 0 Å². The minimum Gasteiger partial charge on any atom is -0.376 e. The van der Waals surface area contributed by atoms with Gasteiger partial charge in [-0.15, -0.1) is 0 Å². The monoisotopic (exact) mass is 353 g/mol. The molecule has 1 aromatic carbocycles. The van der Waals surface area contributed by atoms with Crippen LogP contribution in [0.15, 0.2) is 42.5 Å². The second kappa shape index (κ2) is 8.14. The standard InChI is InChI=1S/C18H21Cl2NS/c1-12(2)11-21-18(22)6-4-3-5-13-9-15(13)14-7-8-16(19)17(20)10-14/h3-8,10,12-13,15H,9,11H2,1-2H3,(H,21,22). The summed E-state index contributed by atoms with van der Waals surface area (Å²) in [7, 11) is 0. The SMILES string of the molecule is CC(C)CNC(=S)C=CC=CC1CC1c1ccc(Cl)c(Cl)c1. The lowest BCUT2D eigenvalue weighted by molar-refractivity contribution is 0.628. The van der Waals surface area contributed by atoms with E-state index in [1.165, 1.54) is 12.0 Å². The van der Waals surface area contributed by atoms with Gasteiger partial charge in [0.2, 0.25) is 0 Å². The molecule has 2 unspecified atom stereocenters. The fourth-order valence-electron chi connectivity index (χ4n) is 2.27. The fraction of sp³-hybridized carbons (Fsp3) is 0.389. The summed E-state index contributed by atoms with van der Waals surface area (Å²) in [5.74, 6) is 1.74. The number of hydrogen-bond acceptors (Lipinski definition) is 1. The zero-order chi connectivity index (χ0) is 16.1. The van der Waals surface area contributed by atoms with E-state index in [0.717, 1.165) is 11.5 Å². The normalized spacial score (nSPS) is 21.0. The van der Waals surface area contributed by atoms with E-state index in [0.29, 0.717) is 27.8 Å². The average molecular weight is 354 g/mol. The Morgan fingerprint density at radius 3 is 2.77 bits per heavy atom. The van der Waals surface area contributed by atoms with Gasteiger partial charge in [0.25, 0.3) is 0 Å². The predicted octanol–water partition coefficient (Wildman–Crippen LogP) is 5.78. The van der Waals surface area contributed by atoms with Crippen LogP contribution >= 0.6 is 35.4 Å². The molecule has 1 aromatic rings. The van der Waals surface area contributed by atoms with Gasteiger partial charge >= 0.3 is 0 Å². The Hall–Kier alpha value is -0.830. The van der Waals surface area contributed by atoms with Crippen LogP contribution in [0.1, 0.15) is 31.7 Å². The number of nitrogens with one attached hydrogen (secondary N) is 1. The molecule has 0 heterocycles. The Morgan fingerprint density at radius 1 is 1.32 bits per heavy atom. The van der Waals surface area contributed by atoms with Gasteiger partial charge in [-0.1, -0.05) is 73.6 Å². The predicted molar refractivity (Wildman–Crippen MR) is 101 cm³/mol. The third kappa shape index (κ3) is 5.42. The molecule has 1 saturated carbocycles. The van der Waals surface area contributed by atoms with Crippen LogP contribution in [0.4, 0.5) is 0 Å². The maximum Gasteiger partial charge on any atom is 0.0988 e. The van der Waals surface area contributed by atoms with Crippen LogP contribution in [0.2, 0.25) is 10.0 Å². The first kappa shape index (κ1) is 17.5. The summed E-state index contributed by atoms with van der Waals surface area (Å²) in [6, 6.07) is 5.91. The quantitative estimate of drug-likeness (QED) is 0.395. The van der Waals surface area contributed by atoms with Gasteiger partial charge in [-0.05, 0) is 47.9 Å². The lowest BCUT2D eigenvalue weighted by Gasteiger charge is -2.06. The number of allylic oxidation sites excluding steroid dienone is 3. The van der Waals surface area contributed by atoms with Crippen molar-refractivity contribution < 1.29 is 0 Å². The molecule has 1 aliphatic rings. The van der Waals surface area contributed by atoms with Crippen LogP contribution in [-0.2, 0) is 0 Å². The first-order valence-corrected chi connectivity index (χ1v) is 8.71. The number of thiocarbonyl (C=S) groups is 1. The minimum absolute atomic E-state index is 0.561. The molecule has 118 valence electrons. The van der Waals surface area contributed by atoms with Crippen molar-refractivity contribution in [3.63, 3.8) is 0 Å². The third-order valence-corrected chi connectivity index (χ3v) is 4.63. The van der Waals surface area contributed by atoms with Gasteiger partial charge in [0.05, 0.1) is 15.0 Å². The largest absolute Gasteiger partial charge is 0.376 e. The summed E-state index contributed by atoms with van der Waals surface area (Å²) in [5.41, 5.74) is 1.27. The minimum atomic E-state index is 0.561. The van der Waals surface area contributed by atoms with Crippen molar-refractivity contribution in [2.45, 2.75) is 26.2 Å². The Balaban J connectivity index is 1.78. The van der Waals surface area contributed by atoms with Crippen LogP contribution in [0.5, 0.6) is 0 Å². The molecule has 2 atom stereocenters. The molecule has 0 saturated heterocycles. The van der Waals surface area contributed by atoms with Crippen molar-refractivity contribution in [3.05, 3.63) is 58.1 Å². The van der Waals surface area contributed by atoms with Crippen LogP contribution in [-0.4, -0.2) is 11.5 Å². The van der Waals surface area contributed by atoms with Gasteiger partial charge in [0, 0.05) is 6.54 Å². The number of benzene rings is 1. The van der Waals surface area contributed by atoms with E-state index >= 15 is 0 Å². The van der Waals surface area contributed by atoms with Gasteiger partial charge in [-0.25, -0.2) is 0 Å². The Morgan fingerprint density at radius 2 is 2.09 bits per heavy atom. The van der Waals surface area contributed by atoms with E-state index in [9.17, 15) is 0 Å². The number of hydrogen-bond donors (Lipinski definition) is 1. The van der Waals surface area contributed by atoms with Gasteiger partial charge in [-0.2, -0.15) is 0 Å². The zero-order valence-electron chi connectivity index (χ0n) is 12.9. The summed E-state index contributed by atoms with van der Waals surface area (Å²) in [5, 5.41) is 4.46. The highest BCUT2D eigenvalue weighted by Gasteiger charge is 2.36. The molecular weight excluding hydrogens is 333 g/mol. The van der Waals surface area contributed by atoms with E-state index in [4.69, 9.17) is 35.4 Å². The fourth-order valence-corrected chi connectivity index (χ4v) is 2.74. The second-order valence-corrected chi connectivity index (χ2v) is 7.32. The Labute approximate surface area is 148 Å². The molecule has 2 rings (SSSR count). The van der Waals surface area contributed by atoms with E-state index < -0.39 is 0 Å². The van der Waals surface area contributed by atoms with Crippen molar-refractivity contribution in [1.82, 2.24) is 5.32 Å². The topological polar surface area (TPSA) is 12.0 Å². The van der Waals surface area contributed by atoms with Gasteiger partial charge in [0.15, 0.2) is 0 Å². The van der Waals surface area contributed by atoms with E-state index in [1.807, 2.05) is 24.3 Å². The van der Waals surface area contributed by atoms with Crippen molar-refractivity contribution in [3.8, 4) is 0 Å². The molecule has 1 aliphatic carbocycles. The van der Waals surface area contributed by atoms with Gasteiger partial charge < -0.3 is 5.32 Å². The smallest absolute Gasteiger partial charge is 0.0988 e. The summed E-state index contributed by atoms with van der Waals surface area (Å²) >= 11 is 17.2. The maximum atomic E-state index is 6.06. The lowest BCUT2D eigenvalue weighted by atomic mass is 10.1. The maximum absolute atomic E-state index is 6.06. The molecule has 0 spiro atoms. The molecular formula is C18H21Cl2NS. The molecule has 1 nitrogen and oxygen atoms in total. The molecule has 1 fully saturated rings. The molecule has 0 aromatic heterocycles. The first-order valence-electron chi connectivity index (χ1n) is 7.55. The molecule has 4 heteroatoms. The molecule has 0 radical (unpaired) electrons. The highest BCUT2D eigenvalue weighted by atomic mass is 35.5. The third-order valence-electron chi connectivity index (χ3n) is 3.61. The van der Waals surface area contributed by atoms with Crippen molar-refractivity contribution in [2.75, 3.05) is 6.54 Å². The molecule has 22 heavy (non-hydrogen) atoms. The second-order valence-electron chi connectivity index (χ2n) is 6.06. The first-order chi connectivity index (χ1) is 10.5. The Bertz CT molecular complexity index is 593. The summed E-state index contributed by atoms with van der Waals surface area (Å²) in [6.07, 6.45) is 9.41. The van der Waals surface area contributed by atoms with E-state index in [-0.39, 0.29) is 0 Å². The summed E-state index contributed by atoms with van der Waals surface area (Å²) in [4.78, 5) is 0.787. The molecule has 1 N–H and O–H groups in total. The lowest BCUT2D eigenvalue weighted by Crippen LogP contribution is -2.23. The van der Waals surface area contributed by atoms with Crippen molar-refractivity contribution in [2.24, 2.45) is 11.8 Å². The van der Waals surface area contributed by atoms with E-state index in [1.54, 1.807) is 0 Å². The summed E-state index contributed by atoms with van der Waals surface area (Å²) < 4.78 is 0. The van der Waals surface area contributed by atoms with E-state index in [2.05, 4.69) is 37.4 Å². The van der Waals surface area contributed by atoms with Crippen LogP contribution in [0.3, 0.4) is 0 Å².